The molecule has 0 aromatic rings. The first-order valence-electron chi connectivity index (χ1n) is 12.3. The number of hydrazine groups is 1. The van der Waals surface area contributed by atoms with Crippen LogP contribution >= 0.6 is 0 Å². The fraction of sp³-hybridized carbons (Fsp3) is 0.696. The maximum Gasteiger partial charge on any atom is 0.248 e. The number of rotatable bonds is 0. The van der Waals surface area contributed by atoms with Crippen molar-refractivity contribution >= 4 is 29.5 Å². The summed E-state index contributed by atoms with van der Waals surface area (Å²) >= 11 is 0. The number of hydrogen-bond donors (Lipinski definition) is 6. The van der Waals surface area contributed by atoms with Crippen LogP contribution in [-0.2, 0) is 28.7 Å². The molecule has 0 aromatic heterocycles. The van der Waals surface area contributed by atoms with Crippen molar-refractivity contribution in [3.63, 3.8) is 0 Å². The smallest absolute Gasteiger partial charge is 0.248 e. The first-order chi connectivity index (χ1) is 17.3. The van der Waals surface area contributed by atoms with Gasteiger partial charge in [-0.15, -0.1) is 0 Å². The minimum Gasteiger partial charge on any atom is -0.399 e. The molecule has 0 saturated carbocycles. The molecule has 37 heavy (non-hydrogen) atoms. The van der Waals surface area contributed by atoms with Gasteiger partial charge in [-0.2, -0.15) is 0 Å². The van der Waals surface area contributed by atoms with Crippen LogP contribution in [0.4, 0.5) is 0 Å². The summed E-state index contributed by atoms with van der Waals surface area (Å²) in [5, 5.41) is 11.3. The predicted molar refractivity (Wildman–Crippen MR) is 134 cm³/mol. The molecule has 3 atom stereocenters. The summed E-state index contributed by atoms with van der Waals surface area (Å²) in [6.07, 6.45) is 2.48. The van der Waals surface area contributed by atoms with E-state index in [2.05, 4.69) is 21.3 Å². The van der Waals surface area contributed by atoms with E-state index in [1.165, 1.54) is 23.0 Å². The van der Waals surface area contributed by atoms with Crippen LogP contribution in [0.3, 0.4) is 0 Å². The second-order valence-corrected chi connectivity index (χ2v) is 10.2. The second kappa shape index (κ2) is 13.2. The Hall–Kier alpha value is -3.39. The van der Waals surface area contributed by atoms with Crippen LogP contribution in [0, 0.1) is 5.41 Å². The maximum atomic E-state index is 13.6. The van der Waals surface area contributed by atoms with Crippen LogP contribution in [0.15, 0.2) is 11.9 Å². The number of carbonyl (C=O) groups is 5. The lowest BCUT2D eigenvalue weighted by atomic mass is 9.85. The number of amides is 5. The fourth-order valence-electron chi connectivity index (χ4n) is 4.19. The van der Waals surface area contributed by atoms with Crippen LogP contribution in [0.2, 0.25) is 0 Å². The minimum absolute atomic E-state index is 0.0112. The molecule has 0 bridgehead atoms. The number of fused-ring (bicyclic) bond motifs is 1. The van der Waals surface area contributed by atoms with E-state index >= 15 is 0 Å². The van der Waals surface area contributed by atoms with E-state index in [0.717, 1.165) is 0 Å². The largest absolute Gasteiger partial charge is 0.399 e. The molecule has 208 valence electrons. The first kappa shape index (κ1) is 29.8. The Bertz CT molecular complexity index is 902. The summed E-state index contributed by atoms with van der Waals surface area (Å²) in [5.74, 6) is 3.88. The van der Waals surface area contributed by atoms with Crippen molar-refractivity contribution in [2.24, 2.45) is 17.0 Å². The Balaban J connectivity index is 2.24. The molecule has 3 unspecified atom stereocenters. The van der Waals surface area contributed by atoms with Crippen LogP contribution in [0.5, 0.6) is 0 Å². The average molecular weight is 525 g/mol. The summed E-state index contributed by atoms with van der Waals surface area (Å²) in [7, 11) is 0. The normalized spacial score (nSPS) is 28.0. The molecule has 8 N–H and O–H groups in total. The number of carbonyl (C=O) groups excluding carboxylic acids is 5. The van der Waals surface area contributed by atoms with Gasteiger partial charge in [-0.25, -0.2) is 5.84 Å². The Morgan fingerprint density at radius 2 is 1.65 bits per heavy atom. The Morgan fingerprint density at radius 3 is 2.32 bits per heavy atom. The van der Waals surface area contributed by atoms with E-state index in [4.69, 9.17) is 16.3 Å². The van der Waals surface area contributed by atoms with Gasteiger partial charge in [0, 0.05) is 19.3 Å². The van der Waals surface area contributed by atoms with Gasteiger partial charge in [0.15, 0.2) is 0 Å². The molecule has 2 rings (SSSR count). The Morgan fingerprint density at radius 1 is 1.00 bits per heavy atom. The molecule has 2 aliphatic rings. The van der Waals surface area contributed by atoms with Gasteiger partial charge in [0.25, 0.3) is 0 Å². The van der Waals surface area contributed by atoms with Crippen LogP contribution in [-0.4, -0.2) is 97.0 Å². The van der Waals surface area contributed by atoms with Gasteiger partial charge in [-0.3, -0.25) is 24.0 Å². The second-order valence-electron chi connectivity index (χ2n) is 10.2. The van der Waals surface area contributed by atoms with Crippen molar-refractivity contribution in [2.45, 2.75) is 58.7 Å². The minimum atomic E-state index is -0.930. The van der Waals surface area contributed by atoms with Crippen molar-refractivity contribution in [3.05, 3.63) is 11.9 Å². The molecular weight excluding hydrogens is 484 g/mol. The van der Waals surface area contributed by atoms with E-state index < -0.39 is 47.2 Å². The standard InChI is InChI=1S/C23H40N8O6/c1-14-20(34)27-10-17(32)26-7-9-37-13-15(24)12-31(25)19(23(2,3)4)22(36)30-8-5-6-16(30)21(35)28-11-18(33)29-14/h12,14,16,19H,5-11,13,24-25H2,1-4H3,(H,26,32)(H,27,34)(H,28,35)(H,29,33)/b15-12-. The highest BCUT2D eigenvalue weighted by Crippen LogP contribution is 2.28. The van der Waals surface area contributed by atoms with Crippen LogP contribution < -0.4 is 32.8 Å². The summed E-state index contributed by atoms with van der Waals surface area (Å²) in [6, 6.07) is -2.53. The topological polar surface area (TPSA) is 201 Å². The molecule has 14 heteroatoms. The van der Waals surface area contributed by atoms with Crippen molar-refractivity contribution in [1.82, 2.24) is 31.2 Å². The predicted octanol–water partition coefficient (Wildman–Crippen LogP) is -2.75. The molecule has 1 saturated heterocycles. The lowest BCUT2D eigenvalue weighted by Crippen LogP contribution is -2.58. The van der Waals surface area contributed by atoms with E-state index in [-0.39, 0.29) is 44.5 Å². The van der Waals surface area contributed by atoms with Gasteiger partial charge in [0.1, 0.15) is 18.1 Å². The molecule has 14 nitrogen and oxygen atoms in total. The zero-order valence-corrected chi connectivity index (χ0v) is 22.0. The van der Waals surface area contributed by atoms with Gasteiger partial charge < -0.3 is 41.6 Å². The maximum absolute atomic E-state index is 13.6. The molecule has 0 aliphatic carbocycles. The van der Waals surface area contributed by atoms with E-state index in [1.54, 1.807) is 0 Å². The summed E-state index contributed by atoms with van der Waals surface area (Å²) in [5.41, 5.74) is 5.70. The summed E-state index contributed by atoms with van der Waals surface area (Å²) < 4.78 is 5.46. The fourth-order valence-corrected chi connectivity index (χ4v) is 4.19. The summed E-state index contributed by atoms with van der Waals surface area (Å²) in [4.78, 5) is 64.4. The number of hydrogen-bond acceptors (Lipinski definition) is 9. The molecule has 0 spiro atoms. The molecule has 5 amide bonds. The third-order valence-corrected chi connectivity index (χ3v) is 5.96. The molecule has 0 radical (unpaired) electrons. The highest BCUT2D eigenvalue weighted by Gasteiger charge is 2.43. The van der Waals surface area contributed by atoms with Crippen LogP contribution in [0.1, 0.15) is 40.5 Å². The number of nitrogens with one attached hydrogen (secondary N) is 4. The SMILES string of the molecule is CC1NC(=O)CNC(=O)C2CCCN2C(=O)C(C(C)(C)C)N(N)/C=C(\N)COCCNC(=O)CNC1=O. The lowest BCUT2D eigenvalue weighted by Gasteiger charge is -2.39. The van der Waals surface area contributed by atoms with Crippen molar-refractivity contribution in [1.29, 1.82) is 0 Å². The number of ether oxygens (including phenoxy) is 1. The van der Waals surface area contributed by atoms with Gasteiger partial charge in [0.2, 0.25) is 29.5 Å². The zero-order valence-electron chi connectivity index (χ0n) is 22.0. The molecular formula is C23H40N8O6. The van der Waals surface area contributed by atoms with Gasteiger partial charge in [0.05, 0.1) is 32.0 Å². The third-order valence-electron chi connectivity index (χ3n) is 5.96. The first-order valence-corrected chi connectivity index (χ1v) is 12.3. The van der Waals surface area contributed by atoms with Gasteiger partial charge in [-0.1, -0.05) is 20.8 Å². The van der Waals surface area contributed by atoms with E-state index in [1.807, 2.05) is 20.8 Å². The monoisotopic (exact) mass is 524 g/mol. The molecule has 1 fully saturated rings. The third kappa shape index (κ3) is 8.89. The number of nitrogens with zero attached hydrogens (tertiary/aromatic N) is 2. The van der Waals surface area contributed by atoms with Gasteiger partial charge >= 0.3 is 0 Å². The van der Waals surface area contributed by atoms with E-state index in [9.17, 15) is 24.0 Å². The van der Waals surface area contributed by atoms with Crippen molar-refractivity contribution in [2.75, 3.05) is 39.4 Å². The van der Waals surface area contributed by atoms with E-state index in [0.29, 0.717) is 19.4 Å². The zero-order chi connectivity index (χ0) is 27.8. The number of nitrogens with two attached hydrogens (primary N) is 2. The lowest BCUT2D eigenvalue weighted by molar-refractivity contribution is -0.145. The van der Waals surface area contributed by atoms with Gasteiger partial charge in [-0.05, 0) is 25.2 Å². The molecule has 2 aliphatic heterocycles. The highest BCUT2D eigenvalue weighted by atomic mass is 16.5. The highest BCUT2D eigenvalue weighted by molar-refractivity contribution is 5.94. The average Bonchev–Trinajstić information content (AvgIpc) is 3.29. The quantitative estimate of drug-likeness (QED) is 0.182. The Kier molecular flexibility index (Phi) is 10.7. The molecule has 2 heterocycles. The molecule has 0 aromatic carbocycles. The van der Waals surface area contributed by atoms with Crippen molar-refractivity contribution in [3.8, 4) is 0 Å². The Labute approximate surface area is 216 Å². The van der Waals surface area contributed by atoms with Crippen LogP contribution in [0.25, 0.3) is 0 Å². The summed E-state index contributed by atoms with van der Waals surface area (Å²) in [6.45, 7) is 7.09. The van der Waals surface area contributed by atoms with Crippen molar-refractivity contribution < 1.29 is 28.7 Å².